The summed E-state index contributed by atoms with van der Waals surface area (Å²) in [7, 11) is 0. The van der Waals surface area contributed by atoms with Gasteiger partial charge < -0.3 is 10.4 Å². The van der Waals surface area contributed by atoms with E-state index in [0.29, 0.717) is 23.2 Å². The Morgan fingerprint density at radius 3 is 2.11 bits per heavy atom. The van der Waals surface area contributed by atoms with Crippen LogP contribution < -0.4 is 10.6 Å². The Morgan fingerprint density at radius 1 is 0.946 bits per heavy atom. The molecule has 0 aliphatic carbocycles. The molecule has 2 heterocycles. The fourth-order valence-corrected chi connectivity index (χ4v) is 4.49. The van der Waals surface area contributed by atoms with E-state index in [9.17, 15) is 24.3 Å². The lowest BCUT2D eigenvalue weighted by Crippen LogP contribution is -2.52. The Hall–Kier alpha value is -4.11. The number of carbonyl (C=O) groups is 4. The van der Waals surface area contributed by atoms with Crippen LogP contribution in [-0.2, 0) is 16.1 Å². The Morgan fingerprint density at radius 2 is 1.57 bits per heavy atom. The van der Waals surface area contributed by atoms with Gasteiger partial charge in [0.15, 0.2) is 0 Å². The molecule has 3 N–H and O–H groups in total. The normalized spacial score (nSPS) is 14.6. The second kappa shape index (κ2) is 11.3. The van der Waals surface area contributed by atoms with Crippen LogP contribution in [-0.4, -0.2) is 57.3 Å². The molecule has 1 unspecified atom stereocenters. The first-order chi connectivity index (χ1) is 17.7. The van der Waals surface area contributed by atoms with Gasteiger partial charge in [-0.2, -0.15) is 0 Å². The van der Waals surface area contributed by atoms with Crippen molar-refractivity contribution in [2.24, 2.45) is 5.92 Å². The van der Waals surface area contributed by atoms with E-state index in [1.807, 2.05) is 44.2 Å². The molecular formula is C28H30N4O5. The molecule has 9 heteroatoms. The quantitative estimate of drug-likeness (QED) is 0.344. The number of rotatable bonds is 11. The molecule has 9 nitrogen and oxygen atoms in total. The lowest BCUT2D eigenvalue weighted by Gasteiger charge is -2.25. The number of hydrogen-bond donors (Lipinski definition) is 3. The molecule has 0 fully saturated rings. The van der Waals surface area contributed by atoms with Gasteiger partial charge in [-0.3, -0.25) is 34.4 Å². The topological polar surface area (TPSA) is 129 Å². The summed E-state index contributed by atoms with van der Waals surface area (Å²) in [4.78, 5) is 56.3. The highest BCUT2D eigenvalue weighted by Crippen LogP contribution is 2.28. The number of aromatic nitrogens is 1. The van der Waals surface area contributed by atoms with E-state index in [1.54, 1.807) is 30.5 Å². The third kappa shape index (κ3) is 6.00. The van der Waals surface area contributed by atoms with Gasteiger partial charge in [0.25, 0.3) is 11.8 Å². The second-order valence-corrected chi connectivity index (χ2v) is 9.57. The van der Waals surface area contributed by atoms with Gasteiger partial charge in [-0.15, -0.1) is 0 Å². The predicted molar refractivity (Wildman–Crippen MR) is 138 cm³/mol. The van der Waals surface area contributed by atoms with Crippen molar-refractivity contribution in [2.75, 3.05) is 6.54 Å². The van der Waals surface area contributed by atoms with Crippen molar-refractivity contribution in [1.29, 1.82) is 0 Å². The van der Waals surface area contributed by atoms with Gasteiger partial charge >= 0.3 is 5.97 Å². The van der Waals surface area contributed by atoms with Gasteiger partial charge in [-0.25, -0.2) is 0 Å². The van der Waals surface area contributed by atoms with Gasteiger partial charge in [0.1, 0.15) is 6.04 Å². The first-order valence-electron chi connectivity index (χ1n) is 12.3. The molecule has 1 aliphatic heterocycles. The van der Waals surface area contributed by atoms with Crippen LogP contribution in [0.15, 0.2) is 60.8 Å². The molecule has 2 atom stereocenters. The number of carboxylic acids is 1. The van der Waals surface area contributed by atoms with Crippen LogP contribution in [0.4, 0.5) is 0 Å². The molecule has 1 aromatic heterocycles. The van der Waals surface area contributed by atoms with Crippen LogP contribution in [0, 0.1) is 5.92 Å². The molecule has 4 rings (SSSR count). The van der Waals surface area contributed by atoms with Crippen LogP contribution in [0.2, 0.25) is 0 Å². The minimum atomic E-state index is -1.16. The zero-order chi connectivity index (χ0) is 26.5. The highest BCUT2D eigenvalue weighted by Gasteiger charge is 2.37. The summed E-state index contributed by atoms with van der Waals surface area (Å²) in [6, 6.07) is 14.3. The third-order valence-electron chi connectivity index (χ3n) is 6.37. The fraction of sp³-hybridized carbons (Fsp3) is 0.321. The van der Waals surface area contributed by atoms with Crippen molar-refractivity contribution in [1.82, 2.24) is 20.5 Å². The van der Waals surface area contributed by atoms with E-state index in [0.717, 1.165) is 15.7 Å². The van der Waals surface area contributed by atoms with Crippen molar-refractivity contribution in [3.63, 3.8) is 0 Å². The van der Waals surface area contributed by atoms with Crippen LogP contribution in [0.1, 0.15) is 53.1 Å². The van der Waals surface area contributed by atoms with Crippen molar-refractivity contribution >= 4 is 34.5 Å². The molecule has 0 spiro atoms. The average molecular weight is 503 g/mol. The van der Waals surface area contributed by atoms with Gasteiger partial charge in [0.2, 0.25) is 5.91 Å². The Kier molecular flexibility index (Phi) is 7.93. The zero-order valence-corrected chi connectivity index (χ0v) is 20.8. The molecule has 0 saturated carbocycles. The smallest absolute Gasteiger partial charge is 0.320 e. The Labute approximate surface area is 214 Å². The molecule has 1 aliphatic rings. The van der Waals surface area contributed by atoms with Crippen molar-refractivity contribution in [3.8, 4) is 0 Å². The zero-order valence-electron chi connectivity index (χ0n) is 20.8. The van der Waals surface area contributed by atoms with E-state index < -0.39 is 29.9 Å². The van der Waals surface area contributed by atoms with Crippen LogP contribution >= 0.6 is 0 Å². The molecule has 192 valence electrons. The summed E-state index contributed by atoms with van der Waals surface area (Å²) in [6.07, 6.45) is 2.01. The standard InChI is InChI=1S/C28H30N4O5/c1-17(2)13-24(25(33)30-16-20-9-5-6-11-29-20)31-23(28(36)37)10-12-32-26(34)21-14-18-7-3-4-8-19(18)15-22(21)27(32)35/h3-9,11,14-15,17,23-24,31H,10,12-13,16H2,1-2H3,(H,30,33)(H,36,37)/t23?,24-/m1/s1. The SMILES string of the molecule is CC(C)C[C@@H](NC(CCN1C(=O)c2cc3ccccc3cc2C1=O)C(=O)O)C(=O)NCc1ccccn1. The lowest BCUT2D eigenvalue weighted by molar-refractivity contribution is -0.140. The largest absolute Gasteiger partial charge is 0.480 e. The predicted octanol–water partition coefficient (Wildman–Crippen LogP) is 2.99. The number of benzene rings is 2. The number of imide groups is 1. The fourth-order valence-electron chi connectivity index (χ4n) is 4.49. The highest BCUT2D eigenvalue weighted by atomic mass is 16.4. The van der Waals surface area contributed by atoms with E-state index in [1.165, 1.54) is 0 Å². The van der Waals surface area contributed by atoms with Crippen molar-refractivity contribution in [3.05, 3.63) is 77.6 Å². The van der Waals surface area contributed by atoms with Crippen LogP contribution in [0.5, 0.6) is 0 Å². The number of pyridine rings is 1. The number of carbonyl (C=O) groups excluding carboxylic acids is 3. The van der Waals surface area contributed by atoms with E-state index in [2.05, 4.69) is 15.6 Å². The van der Waals surface area contributed by atoms with E-state index >= 15 is 0 Å². The number of fused-ring (bicyclic) bond motifs is 2. The maximum absolute atomic E-state index is 13.0. The van der Waals surface area contributed by atoms with Crippen molar-refractivity contribution in [2.45, 2.75) is 45.3 Å². The van der Waals surface area contributed by atoms with Crippen molar-refractivity contribution < 1.29 is 24.3 Å². The van der Waals surface area contributed by atoms with E-state index in [-0.39, 0.29) is 31.3 Å². The first kappa shape index (κ1) is 26.0. The number of aliphatic carboxylic acids is 1. The molecule has 0 radical (unpaired) electrons. The number of hydrogen-bond acceptors (Lipinski definition) is 6. The summed E-state index contributed by atoms with van der Waals surface area (Å²) in [5, 5.41) is 17.3. The minimum Gasteiger partial charge on any atom is -0.480 e. The third-order valence-corrected chi connectivity index (χ3v) is 6.37. The molecule has 3 aromatic rings. The minimum absolute atomic E-state index is 0.0392. The van der Waals surface area contributed by atoms with Crippen LogP contribution in [0.3, 0.4) is 0 Å². The average Bonchev–Trinajstić information content (AvgIpc) is 3.11. The molecule has 3 amide bonds. The maximum atomic E-state index is 13.0. The molecule has 0 bridgehead atoms. The molecule has 37 heavy (non-hydrogen) atoms. The van der Waals surface area contributed by atoms with Gasteiger partial charge in [0.05, 0.1) is 29.4 Å². The molecule has 2 aromatic carbocycles. The maximum Gasteiger partial charge on any atom is 0.320 e. The first-order valence-corrected chi connectivity index (χ1v) is 12.3. The van der Waals surface area contributed by atoms with Crippen LogP contribution in [0.25, 0.3) is 10.8 Å². The Bertz CT molecular complexity index is 1270. The summed E-state index contributed by atoms with van der Waals surface area (Å²) >= 11 is 0. The highest BCUT2D eigenvalue weighted by molar-refractivity contribution is 6.23. The monoisotopic (exact) mass is 502 g/mol. The molecule has 0 saturated heterocycles. The van der Waals surface area contributed by atoms with Gasteiger partial charge in [0, 0.05) is 12.7 Å². The lowest BCUT2D eigenvalue weighted by atomic mass is 10.0. The van der Waals surface area contributed by atoms with E-state index in [4.69, 9.17) is 0 Å². The number of carboxylic acid groups (broad SMARTS) is 1. The summed E-state index contributed by atoms with van der Waals surface area (Å²) in [6.45, 7) is 4.02. The summed E-state index contributed by atoms with van der Waals surface area (Å²) in [5.74, 6) is -2.26. The van der Waals surface area contributed by atoms with Gasteiger partial charge in [-0.1, -0.05) is 44.2 Å². The summed E-state index contributed by atoms with van der Waals surface area (Å²) < 4.78 is 0. The molecular weight excluding hydrogens is 472 g/mol. The number of nitrogens with zero attached hydrogens (tertiary/aromatic N) is 2. The van der Waals surface area contributed by atoms with Gasteiger partial charge in [-0.05, 0) is 53.8 Å². The summed E-state index contributed by atoms with van der Waals surface area (Å²) in [5.41, 5.74) is 1.32. The Balaban J connectivity index is 1.43. The number of nitrogens with one attached hydrogen (secondary N) is 2. The second-order valence-electron chi connectivity index (χ2n) is 9.57. The number of amides is 3.